The number of nitrogens with zero attached hydrogens (tertiary/aromatic N) is 2. The molecule has 0 amide bonds. The first kappa shape index (κ1) is 12.8. The molecule has 0 saturated carbocycles. The molecule has 4 heteroatoms. The molecule has 18 heavy (non-hydrogen) atoms. The molecule has 2 N–H and O–H groups in total. The van der Waals surface area contributed by atoms with E-state index in [1.165, 1.54) is 0 Å². The highest BCUT2D eigenvalue weighted by Crippen LogP contribution is 2.24. The Labute approximate surface area is 107 Å². The fourth-order valence-corrected chi connectivity index (χ4v) is 1.66. The Morgan fingerprint density at radius 2 is 1.94 bits per heavy atom. The first-order valence-electron chi connectivity index (χ1n) is 6.05. The van der Waals surface area contributed by atoms with Crippen LogP contribution in [0.15, 0.2) is 22.6 Å². The minimum absolute atomic E-state index is 0.234. The Balaban J connectivity index is 2.51. The van der Waals surface area contributed by atoms with Crippen LogP contribution in [0.3, 0.4) is 0 Å². The minimum Gasteiger partial charge on any atom is -0.460 e. The fraction of sp³-hybridized carbons (Fsp3) is 0.429. The summed E-state index contributed by atoms with van der Waals surface area (Å²) in [5.41, 5.74) is 7.28. The summed E-state index contributed by atoms with van der Waals surface area (Å²) < 4.78 is 5.60. The second-order valence-electron chi connectivity index (χ2n) is 5.22. The molecular formula is C14H19N3O. The molecule has 0 aromatic carbocycles. The molecule has 4 nitrogen and oxygen atoms in total. The monoisotopic (exact) mass is 245 g/mol. The van der Waals surface area contributed by atoms with Gasteiger partial charge in [-0.25, -0.2) is 9.97 Å². The average Bonchev–Trinajstić information content (AvgIpc) is 2.75. The number of aromatic nitrogens is 2. The molecule has 96 valence electrons. The number of furan rings is 1. The molecule has 0 saturated heterocycles. The van der Waals surface area contributed by atoms with Gasteiger partial charge in [0.1, 0.15) is 17.3 Å². The van der Waals surface area contributed by atoms with Crippen molar-refractivity contribution in [3.05, 3.63) is 35.5 Å². The van der Waals surface area contributed by atoms with Crippen LogP contribution in [0.2, 0.25) is 0 Å². The Hall–Kier alpha value is -1.68. The summed E-state index contributed by atoms with van der Waals surface area (Å²) in [7, 11) is 0. The van der Waals surface area contributed by atoms with Gasteiger partial charge in [-0.15, -0.1) is 0 Å². The largest absolute Gasteiger partial charge is 0.460 e. The number of hydrogen-bond acceptors (Lipinski definition) is 4. The van der Waals surface area contributed by atoms with Crippen molar-refractivity contribution in [1.29, 1.82) is 0 Å². The highest BCUT2D eigenvalue weighted by molar-refractivity contribution is 5.52. The lowest BCUT2D eigenvalue weighted by Gasteiger charge is -2.21. The third kappa shape index (κ3) is 2.43. The minimum atomic E-state index is -0.234. The predicted octanol–water partition coefficient (Wildman–Crippen LogP) is 2.59. The first-order valence-corrected chi connectivity index (χ1v) is 6.05. The quantitative estimate of drug-likeness (QED) is 0.902. The van der Waals surface area contributed by atoms with E-state index in [0.717, 1.165) is 28.7 Å². The van der Waals surface area contributed by atoms with Crippen LogP contribution in [0.25, 0.3) is 11.5 Å². The molecule has 0 bridgehead atoms. The highest BCUT2D eigenvalue weighted by atomic mass is 16.3. The maximum Gasteiger partial charge on any atom is 0.152 e. The third-order valence-corrected chi connectivity index (χ3v) is 2.96. The summed E-state index contributed by atoms with van der Waals surface area (Å²) in [5.74, 6) is 2.40. The normalized spacial score (nSPS) is 11.8. The van der Waals surface area contributed by atoms with Crippen LogP contribution in [0.4, 0.5) is 0 Å². The maximum atomic E-state index is 5.78. The van der Waals surface area contributed by atoms with Gasteiger partial charge in [-0.2, -0.15) is 0 Å². The summed E-state index contributed by atoms with van der Waals surface area (Å²) in [5, 5.41) is 0. The maximum absolute atomic E-state index is 5.78. The summed E-state index contributed by atoms with van der Waals surface area (Å²) in [6.07, 6.45) is 0. The molecule has 0 radical (unpaired) electrons. The van der Waals surface area contributed by atoms with Crippen molar-refractivity contribution in [3.8, 4) is 11.5 Å². The van der Waals surface area contributed by atoms with Crippen molar-refractivity contribution < 1.29 is 4.42 Å². The van der Waals surface area contributed by atoms with E-state index in [1.54, 1.807) is 0 Å². The molecule has 0 unspecified atom stereocenters. The van der Waals surface area contributed by atoms with Gasteiger partial charge < -0.3 is 10.2 Å². The smallest absolute Gasteiger partial charge is 0.152 e. The molecule has 2 aromatic rings. The summed E-state index contributed by atoms with van der Waals surface area (Å²) in [6.45, 7) is 8.46. The van der Waals surface area contributed by atoms with Crippen molar-refractivity contribution >= 4 is 0 Å². The standard InChI is InChI=1S/C14H19N3O/c1-9-7-11(12-6-5-10(2)18-12)17-13(16-9)14(3,4)8-15/h5-7H,8,15H2,1-4H3. The lowest BCUT2D eigenvalue weighted by molar-refractivity contribution is 0.498. The van der Waals surface area contributed by atoms with E-state index in [4.69, 9.17) is 10.2 Å². The van der Waals surface area contributed by atoms with Gasteiger partial charge in [0.05, 0.1) is 0 Å². The highest BCUT2D eigenvalue weighted by Gasteiger charge is 2.23. The van der Waals surface area contributed by atoms with Crippen LogP contribution in [0, 0.1) is 13.8 Å². The van der Waals surface area contributed by atoms with E-state index in [0.29, 0.717) is 6.54 Å². The molecule has 2 aromatic heterocycles. The number of aryl methyl sites for hydroxylation is 2. The lowest BCUT2D eigenvalue weighted by Crippen LogP contribution is -2.30. The van der Waals surface area contributed by atoms with Crippen LogP contribution in [0.5, 0.6) is 0 Å². The van der Waals surface area contributed by atoms with Gasteiger partial charge in [-0.3, -0.25) is 0 Å². The number of rotatable bonds is 3. The van der Waals surface area contributed by atoms with Gasteiger partial charge in [-0.1, -0.05) is 13.8 Å². The second kappa shape index (κ2) is 4.53. The van der Waals surface area contributed by atoms with E-state index >= 15 is 0 Å². The average molecular weight is 245 g/mol. The Morgan fingerprint density at radius 1 is 1.22 bits per heavy atom. The van der Waals surface area contributed by atoms with Crippen LogP contribution in [0.1, 0.15) is 31.1 Å². The van der Waals surface area contributed by atoms with E-state index < -0.39 is 0 Å². The van der Waals surface area contributed by atoms with Crippen molar-refractivity contribution in [2.75, 3.05) is 6.54 Å². The Bertz CT molecular complexity index is 558. The molecule has 0 aliphatic heterocycles. The van der Waals surface area contributed by atoms with E-state index in [9.17, 15) is 0 Å². The predicted molar refractivity (Wildman–Crippen MR) is 71.3 cm³/mol. The van der Waals surface area contributed by atoms with Crippen molar-refractivity contribution in [3.63, 3.8) is 0 Å². The summed E-state index contributed by atoms with van der Waals surface area (Å²) in [6, 6.07) is 5.78. The van der Waals surface area contributed by atoms with Gasteiger partial charge in [0, 0.05) is 17.7 Å². The molecule has 2 rings (SSSR count). The molecule has 0 aliphatic rings. The van der Waals surface area contributed by atoms with Crippen LogP contribution in [-0.2, 0) is 5.41 Å². The lowest BCUT2D eigenvalue weighted by atomic mass is 9.92. The van der Waals surface area contributed by atoms with E-state index in [2.05, 4.69) is 9.97 Å². The molecule has 0 spiro atoms. The zero-order chi connectivity index (χ0) is 13.3. The van der Waals surface area contributed by atoms with Crippen LogP contribution < -0.4 is 5.73 Å². The van der Waals surface area contributed by atoms with Crippen molar-refractivity contribution in [2.24, 2.45) is 5.73 Å². The SMILES string of the molecule is Cc1cc(-c2ccc(C)o2)nc(C(C)(C)CN)n1. The number of nitrogens with two attached hydrogens (primary N) is 1. The topological polar surface area (TPSA) is 64.9 Å². The zero-order valence-corrected chi connectivity index (χ0v) is 11.3. The second-order valence-corrected chi connectivity index (χ2v) is 5.22. The summed E-state index contributed by atoms with van der Waals surface area (Å²) in [4.78, 5) is 9.05. The third-order valence-electron chi connectivity index (χ3n) is 2.96. The van der Waals surface area contributed by atoms with Gasteiger partial charge in [-0.05, 0) is 32.0 Å². The zero-order valence-electron chi connectivity index (χ0n) is 11.3. The summed E-state index contributed by atoms with van der Waals surface area (Å²) >= 11 is 0. The van der Waals surface area contributed by atoms with Crippen molar-refractivity contribution in [2.45, 2.75) is 33.1 Å². The molecular weight excluding hydrogens is 226 g/mol. The molecule has 0 fully saturated rings. The Morgan fingerprint density at radius 3 is 2.50 bits per heavy atom. The molecule has 0 atom stereocenters. The fourth-order valence-electron chi connectivity index (χ4n) is 1.66. The molecule has 0 aliphatic carbocycles. The van der Waals surface area contributed by atoms with Gasteiger partial charge in [0.25, 0.3) is 0 Å². The van der Waals surface area contributed by atoms with Gasteiger partial charge in [0.2, 0.25) is 0 Å². The van der Waals surface area contributed by atoms with Gasteiger partial charge >= 0.3 is 0 Å². The van der Waals surface area contributed by atoms with Gasteiger partial charge in [0.15, 0.2) is 5.76 Å². The first-order chi connectivity index (χ1) is 8.42. The van der Waals surface area contributed by atoms with E-state index in [-0.39, 0.29) is 5.41 Å². The number of hydrogen-bond donors (Lipinski definition) is 1. The Kier molecular flexibility index (Phi) is 3.22. The van der Waals surface area contributed by atoms with E-state index in [1.807, 2.05) is 45.9 Å². The van der Waals surface area contributed by atoms with Crippen LogP contribution in [-0.4, -0.2) is 16.5 Å². The van der Waals surface area contributed by atoms with Crippen molar-refractivity contribution in [1.82, 2.24) is 9.97 Å². The molecule has 2 heterocycles. The van der Waals surface area contributed by atoms with Crippen LogP contribution >= 0.6 is 0 Å².